The molecule has 0 saturated heterocycles. The van der Waals surface area contributed by atoms with Gasteiger partial charge < -0.3 is 0 Å². The summed E-state index contributed by atoms with van der Waals surface area (Å²) >= 11 is 0. The smallest absolute Gasteiger partial charge is 0.207 e. The molecule has 78 valence electrons. The standard InChI is InChI=1S/C11H13FN3/c1-9(2)15-8-14(7-13-15)11-5-3-10(12)4-6-11/h3-9H,1-2H3/q+1. The summed E-state index contributed by atoms with van der Waals surface area (Å²) < 4.78 is 16.4. The van der Waals surface area contributed by atoms with Gasteiger partial charge in [-0.1, -0.05) is 0 Å². The van der Waals surface area contributed by atoms with Gasteiger partial charge in [0.1, 0.15) is 17.5 Å². The zero-order valence-electron chi connectivity index (χ0n) is 8.76. The van der Waals surface area contributed by atoms with Crippen LogP contribution in [0.3, 0.4) is 0 Å². The Morgan fingerprint density at radius 2 is 1.93 bits per heavy atom. The molecule has 0 N–H and O–H groups in total. The molecule has 0 saturated carbocycles. The van der Waals surface area contributed by atoms with Crippen LogP contribution in [0.5, 0.6) is 0 Å². The molecule has 0 unspecified atom stereocenters. The highest BCUT2D eigenvalue weighted by atomic mass is 19.1. The summed E-state index contributed by atoms with van der Waals surface area (Å²) in [5.74, 6) is -0.226. The number of hydrogen-bond acceptors (Lipinski definition) is 1. The number of halogens is 1. The first-order valence-corrected chi connectivity index (χ1v) is 4.88. The van der Waals surface area contributed by atoms with Gasteiger partial charge in [0, 0.05) is 5.10 Å². The zero-order chi connectivity index (χ0) is 10.8. The third-order valence-corrected chi connectivity index (χ3v) is 2.21. The lowest BCUT2D eigenvalue weighted by Gasteiger charge is -1.96. The molecule has 3 nitrogen and oxygen atoms in total. The largest absolute Gasteiger partial charge is 0.270 e. The Bertz CT molecular complexity index is 445. The van der Waals surface area contributed by atoms with Gasteiger partial charge in [-0.05, 0) is 38.1 Å². The number of hydrogen-bond donors (Lipinski definition) is 0. The Labute approximate surface area is 87.8 Å². The molecular weight excluding hydrogens is 193 g/mol. The summed E-state index contributed by atoms with van der Waals surface area (Å²) in [5.41, 5.74) is 0.906. The van der Waals surface area contributed by atoms with Crippen molar-refractivity contribution < 1.29 is 8.96 Å². The molecule has 0 aliphatic carbocycles. The van der Waals surface area contributed by atoms with Crippen LogP contribution in [-0.4, -0.2) is 9.78 Å². The third-order valence-electron chi connectivity index (χ3n) is 2.21. The van der Waals surface area contributed by atoms with E-state index in [9.17, 15) is 4.39 Å². The first-order valence-electron chi connectivity index (χ1n) is 4.88. The third kappa shape index (κ3) is 2.03. The van der Waals surface area contributed by atoms with Crippen molar-refractivity contribution in [3.05, 3.63) is 42.7 Å². The average Bonchev–Trinajstić information content (AvgIpc) is 2.68. The van der Waals surface area contributed by atoms with Gasteiger partial charge >= 0.3 is 0 Å². The second-order valence-corrected chi connectivity index (χ2v) is 3.70. The Morgan fingerprint density at radius 1 is 1.27 bits per heavy atom. The van der Waals surface area contributed by atoms with E-state index in [1.165, 1.54) is 12.1 Å². The minimum atomic E-state index is -0.226. The summed E-state index contributed by atoms with van der Waals surface area (Å²) in [7, 11) is 0. The fourth-order valence-electron chi connectivity index (χ4n) is 1.32. The van der Waals surface area contributed by atoms with Gasteiger partial charge in [-0.25, -0.2) is 8.96 Å². The molecule has 0 aliphatic heterocycles. The normalized spacial score (nSPS) is 10.9. The minimum Gasteiger partial charge on any atom is -0.207 e. The van der Waals surface area contributed by atoms with Crippen LogP contribution in [0.25, 0.3) is 5.69 Å². The lowest BCUT2D eigenvalue weighted by molar-refractivity contribution is -0.596. The maximum absolute atomic E-state index is 12.7. The molecule has 1 heterocycles. The second-order valence-electron chi connectivity index (χ2n) is 3.70. The van der Waals surface area contributed by atoms with Crippen LogP contribution in [0.15, 0.2) is 36.9 Å². The van der Waals surface area contributed by atoms with Crippen molar-refractivity contribution in [2.45, 2.75) is 19.9 Å². The summed E-state index contributed by atoms with van der Waals surface area (Å²) in [4.78, 5) is 0. The van der Waals surface area contributed by atoms with Gasteiger partial charge in [-0.15, -0.1) is 4.68 Å². The summed E-state index contributed by atoms with van der Waals surface area (Å²) in [6.07, 6.45) is 3.60. The summed E-state index contributed by atoms with van der Waals surface area (Å²) in [6.45, 7) is 4.12. The first-order chi connectivity index (χ1) is 7.16. The summed E-state index contributed by atoms with van der Waals surface area (Å²) in [5, 5.41) is 4.20. The van der Waals surface area contributed by atoms with Crippen LogP contribution >= 0.6 is 0 Å². The van der Waals surface area contributed by atoms with Gasteiger partial charge in [0.05, 0.1) is 0 Å². The highest BCUT2D eigenvalue weighted by molar-refractivity contribution is 5.21. The van der Waals surface area contributed by atoms with Crippen molar-refractivity contribution in [1.82, 2.24) is 9.78 Å². The second kappa shape index (κ2) is 3.81. The number of nitrogens with zero attached hydrogens (tertiary/aromatic N) is 3. The van der Waals surface area contributed by atoms with E-state index in [2.05, 4.69) is 18.9 Å². The molecular formula is C11H13FN3+. The topological polar surface area (TPSA) is 21.7 Å². The van der Waals surface area contributed by atoms with Crippen molar-refractivity contribution in [2.24, 2.45) is 0 Å². The predicted octanol–water partition coefficient (Wildman–Crippen LogP) is 1.88. The quantitative estimate of drug-likeness (QED) is 0.687. The monoisotopic (exact) mass is 206 g/mol. The first kappa shape index (κ1) is 9.83. The fourth-order valence-corrected chi connectivity index (χ4v) is 1.32. The Hall–Kier alpha value is -1.71. The molecule has 1 aromatic heterocycles. The molecule has 0 spiro atoms. The van der Waals surface area contributed by atoms with Crippen molar-refractivity contribution in [1.29, 1.82) is 0 Å². The van der Waals surface area contributed by atoms with Crippen LogP contribution in [-0.2, 0) is 0 Å². The molecule has 0 aliphatic rings. The van der Waals surface area contributed by atoms with E-state index in [0.717, 1.165) is 5.69 Å². The number of benzene rings is 1. The van der Waals surface area contributed by atoms with Gasteiger partial charge in [-0.3, -0.25) is 0 Å². The Balaban J connectivity index is 2.33. The van der Waals surface area contributed by atoms with Crippen LogP contribution in [0.2, 0.25) is 0 Å². The van der Waals surface area contributed by atoms with Crippen molar-refractivity contribution in [2.75, 3.05) is 0 Å². The minimum absolute atomic E-state index is 0.226. The maximum atomic E-state index is 12.7. The molecule has 2 aromatic rings. The SMILES string of the molecule is CC(C)n1c[n+](-c2ccc(F)cc2)cn1. The van der Waals surface area contributed by atoms with E-state index in [-0.39, 0.29) is 5.82 Å². The van der Waals surface area contributed by atoms with Crippen LogP contribution < -0.4 is 4.57 Å². The van der Waals surface area contributed by atoms with Crippen molar-refractivity contribution in [3.8, 4) is 5.69 Å². The van der Waals surface area contributed by atoms with Crippen LogP contribution in [0.4, 0.5) is 4.39 Å². The fraction of sp³-hybridized carbons (Fsp3) is 0.273. The van der Waals surface area contributed by atoms with Crippen LogP contribution in [0, 0.1) is 5.82 Å². The average molecular weight is 206 g/mol. The highest BCUT2D eigenvalue weighted by Crippen LogP contribution is 2.03. The van der Waals surface area contributed by atoms with Gasteiger partial charge in [0.2, 0.25) is 6.33 Å². The Morgan fingerprint density at radius 3 is 2.47 bits per heavy atom. The maximum Gasteiger partial charge on any atom is 0.270 e. The van der Waals surface area contributed by atoms with E-state index < -0.39 is 0 Å². The summed E-state index contributed by atoms with van der Waals surface area (Å²) in [6, 6.07) is 6.65. The van der Waals surface area contributed by atoms with E-state index >= 15 is 0 Å². The molecule has 1 aromatic carbocycles. The molecule has 0 bridgehead atoms. The Kier molecular flexibility index (Phi) is 2.49. The lowest BCUT2D eigenvalue weighted by atomic mass is 10.3. The lowest BCUT2D eigenvalue weighted by Crippen LogP contribution is -2.27. The molecule has 0 atom stereocenters. The number of rotatable bonds is 2. The van der Waals surface area contributed by atoms with E-state index in [1.807, 2.05) is 15.6 Å². The van der Waals surface area contributed by atoms with Gasteiger partial charge in [0.25, 0.3) is 6.33 Å². The van der Waals surface area contributed by atoms with Crippen molar-refractivity contribution in [3.63, 3.8) is 0 Å². The zero-order valence-corrected chi connectivity index (χ0v) is 8.76. The van der Waals surface area contributed by atoms with Gasteiger partial charge in [0.15, 0.2) is 0 Å². The van der Waals surface area contributed by atoms with E-state index in [4.69, 9.17) is 0 Å². The van der Waals surface area contributed by atoms with Gasteiger partial charge in [-0.2, -0.15) is 0 Å². The van der Waals surface area contributed by atoms with Crippen LogP contribution in [0.1, 0.15) is 19.9 Å². The van der Waals surface area contributed by atoms with E-state index in [1.54, 1.807) is 18.5 Å². The molecule has 15 heavy (non-hydrogen) atoms. The number of aromatic nitrogens is 3. The molecule has 0 amide bonds. The molecule has 0 radical (unpaired) electrons. The molecule has 2 rings (SSSR count). The molecule has 4 heteroatoms. The molecule has 0 fully saturated rings. The van der Waals surface area contributed by atoms with Crippen molar-refractivity contribution >= 4 is 0 Å². The van der Waals surface area contributed by atoms with E-state index in [0.29, 0.717) is 6.04 Å². The highest BCUT2D eigenvalue weighted by Gasteiger charge is 2.10. The predicted molar refractivity (Wildman–Crippen MR) is 54.1 cm³/mol.